The highest BCUT2D eigenvalue weighted by Gasteiger charge is 2.17. The minimum absolute atomic E-state index is 0.0744. The number of ether oxygens (including phenoxy) is 2. The molecule has 0 aliphatic heterocycles. The average molecular weight is 428 g/mol. The van der Waals surface area contributed by atoms with Crippen molar-refractivity contribution in [2.45, 2.75) is 26.9 Å². The van der Waals surface area contributed by atoms with Crippen molar-refractivity contribution in [3.8, 4) is 0 Å². The van der Waals surface area contributed by atoms with E-state index in [0.717, 1.165) is 29.9 Å². The second-order valence-electron chi connectivity index (χ2n) is 7.83. The molecule has 0 saturated carbocycles. The second-order valence-corrected chi connectivity index (χ2v) is 7.83. The number of carbonyl (C=O) groups is 1. The predicted octanol–water partition coefficient (Wildman–Crippen LogP) is 3.48. The van der Waals surface area contributed by atoms with Crippen LogP contribution in [-0.2, 0) is 22.6 Å². The van der Waals surface area contributed by atoms with Gasteiger partial charge < -0.3 is 24.6 Å². The quantitative estimate of drug-likeness (QED) is 0.530. The molecule has 0 saturated heterocycles. The van der Waals surface area contributed by atoms with E-state index in [1.807, 2.05) is 25.1 Å². The van der Waals surface area contributed by atoms with Crippen LogP contribution in [0.3, 0.4) is 0 Å². The fourth-order valence-corrected chi connectivity index (χ4v) is 3.40. The Balaban J connectivity index is 2.15. The van der Waals surface area contributed by atoms with Gasteiger partial charge in [0.1, 0.15) is 0 Å². The summed E-state index contributed by atoms with van der Waals surface area (Å²) in [5, 5.41) is 3.10. The van der Waals surface area contributed by atoms with Gasteiger partial charge in [-0.15, -0.1) is 0 Å². The van der Waals surface area contributed by atoms with Crippen LogP contribution >= 0.6 is 0 Å². The van der Waals surface area contributed by atoms with Crippen molar-refractivity contribution in [3.05, 3.63) is 64.7 Å². The Bertz CT molecular complexity index is 817. The van der Waals surface area contributed by atoms with Crippen molar-refractivity contribution >= 4 is 11.6 Å². The van der Waals surface area contributed by atoms with Crippen molar-refractivity contribution in [3.63, 3.8) is 0 Å². The van der Waals surface area contributed by atoms with Crippen LogP contribution in [-0.4, -0.2) is 64.9 Å². The fraction of sp³-hybridized carbons (Fsp3) is 0.480. The largest absolute Gasteiger partial charge is 0.383 e. The Labute approximate surface area is 187 Å². The summed E-state index contributed by atoms with van der Waals surface area (Å²) < 4.78 is 10.5. The van der Waals surface area contributed by atoms with E-state index < -0.39 is 0 Å². The summed E-state index contributed by atoms with van der Waals surface area (Å²) in [5.74, 6) is -0.0744. The highest BCUT2D eigenvalue weighted by Crippen LogP contribution is 2.22. The molecule has 170 valence electrons. The summed E-state index contributed by atoms with van der Waals surface area (Å²) in [6.45, 7) is 9.08. The summed E-state index contributed by atoms with van der Waals surface area (Å²) in [6, 6.07) is 14.4. The molecule has 1 amide bonds. The molecule has 2 aromatic rings. The van der Waals surface area contributed by atoms with Crippen LogP contribution in [0.25, 0.3) is 0 Å². The molecule has 1 N–H and O–H groups in total. The molecule has 6 nitrogen and oxygen atoms in total. The smallest absolute Gasteiger partial charge is 0.253 e. The Hall–Kier alpha value is -2.41. The van der Waals surface area contributed by atoms with E-state index in [-0.39, 0.29) is 5.91 Å². The topological polar surface area (TPSA) is 54.0 Å². The van der Waals surface area contributed by atoms with Crippen molar-refractivity contribution in [2.75, 3.05) is 59.0 Å². The molecule has 0 unspecified atom stereocenters. The number of anilines is 1. The van der Waals surface area contributed by atoms with Gasteiger partial charge in [0.25, 0.3) is 5.91 Å². The third-order valence-electron chi connectivity index (χ3n) is 5.30. The van der Waals surface area contributed by atoms with Crippen LogP contribution in [0.5, 0.6) is 0 Å². The zero-order valence-corrected chi connectivity index (χ0v) is 19.6. The fourth-order valence-electron chi connectivity index (χ4n) is 3.40. The monoisotopic (exact) mass is 427 g/mol. The van der Waals surface area contributed by atoms with Crippen LogP contribution in [0.15, 0.2) is 42.5 Å². The molecule has 0 atom stereocenters. The number of amides is 1. The van der Waals surface area contributed by atoms with Gasteiger partial charge in [0.15, 0.2) is 0 Å². The minimum Gasteiger partial charge on any atom is -0.383 e. The van der Waals surface area contributed by atoms with E-state index >= 15 is 0 Å². The van der Waals surface area contributed by atoms with E-state index in [1.54, 1.807) is 14.2 Å². The lowest BCUT2D eigenvalue weighted by Crippen LogP contribution is -2.33. The maximum absolute atomic E-state index is 13.1. The first kappa shape index (κ1) is 24.9. The standard InChI is InChI=1S/C25H37N3O3/c1-6-27(3)19-22-9-7-8-21(17-22)18-26-25(29)23-16-20(2)10-11-24(23)28(12-14-30-4)13-15-31-5/h7-11,16-17H,6,12-15,18-19H2,1-5H3,(H,26,29). The van der Waals surface area contributed by atoms with Crippen LogP contribution in [0.4, 0.5) is 5.69 Å². The zero-order chi connectivity index (χ0) is 22.6. The van der Waals surface area contributed by atoms with Gasteiger partial charge in [-0.1, -0.05) is 42.8 Å². The van der Waals surface area contributed by atoms with Crippen molar-refractivity contribution < 1.29 is 14.3 Å². The molecule has 0 fully saturated rings. The number of hydrogen-bond acceptors (Lipinski definition) is 5. The number of aryl methyl sites for hydroxylation is 1. The number of carbonyl (C=O) groups excluding carboxylic acids is 1. The number of benzene rings is 2. The SMILES string of the molecule is CCN(C)Cc1cccc(CNC(=O)c2cc(C)ccc2N(CCOC)CCOC)c1. The first-order valence-electron chi connectivity index (χ1n) is 10.9. The Morgan fingerprint density at radius 1 is 1.00 bits per heavy atom. The molecule has 0 bridgehead atoms. The normalized spacial score (nSPS) is 11.0. The van der Waals surface area contributed by atoms with E-state index in [9.17, 15) is 4.79 Å². The Kier molecular flexibility index (Phi) is 10.5. The van der Waals surface area contributed by atoms with E-state index in [0.29, 0.717) is 38.4 Å². The third-order valence-corrected chi connectivity index (χ3v) is 5.30. The highest BCUT2D eigenvalue weighted by molar-refractivity contribution is 6.00. The lowest BCUT2D eigenvalue weighted by Gasteiger charge is -2.26. The van der Waals surface area contributed by atoms with E-state index in [1.165, 1.54) is 5.56 Å². The Morgan fingerprint density at radius 3 is 2.32 bits per heavy atom. The molecular formula is C25H37N3O3. The van der Waals surface area contributed by atoms with Gasteiger partial charge in [0, 0.05) is 46.1 Å². The van der Waals surface area contributed by atoms with Crippen LogP contribution < -0.4 is 10.2 Å². The molecule has 0 spiro atoms. The van der Waals surface area contributed by atoms with Gasteiger partial charge in [0.2, 0.25) is 0 Å². The van der Waals surface area contributed by atoms with Crippen molar-refractivity contribution in [1.29, 1.82) is 0 Å². The first-order chi connectivity index (χ1) is 15.0. The number of methoxy groups -OCH3 is 2. The van der Waals surface area contributed by atoms with E-state index in [2.05, 4.69) is 53.4 Å². The molecule has 0 aromatic heterocycles. The predicted molar refractivity (Wildman–Crippen MR) is 127 cm³/mol. The van der Waals surface area contributed by atoms with Gasteiger partial charge in [-0.3, -0.25) is 4.79 Å². The summed E-state index contributed by atoms with van der Waals surface area (Å²) in [6.07, 6.45) is 0. The summed E-state index contributed by atoms with van der Waals surface area (Å²) in [4.78, 5) is 17.5. The van der Waals surface area contributed by atoms with Crippen LogP contribution in [0, 0.1) is 6.92 Å². The van der Waals surface area contributed by atoms with E-state index in [4.69, 9.17) is 9.47 Å². The molecule has 0 aliphatic carbocycles. The van der Waals surface area contributed by atoms with Crippen molar-refractivity contribution in [2.24, 2.45) is 0 Å². The van der Waals surface area contributed by atoms with Gasteiger partial charge in [0.05, 0.1) is 18.8 Å². The van der Waals surface area contributed by atoms with Gasteiger partial charge in [-0.05, 0) is 43.8 Å². The van der Waals surface area contributed by atoms with Crippen molar-refractivity contribution in [1.82, 2.24) is 10.2 Å². The molecule has 6 heteroatoms. The summed E-state index contributed by atoms with van der Waals surface area (Å²) in [5.41, 5.74) is 4.97. The maximum atomic E-state index is 13.1. The number of hydrogen-bond donors (Lipinski definition) is 1. The van der Waals surface area contributed by atoms with Crippen LogP contribution in [0.1, 0.15) is 34.0 Å². The molecule has 2 rings (SSSR count). The second kappa shape index (κ2) is 13.1. The van der Waals surface area contributed by atoms with Gasteiger partial charge in [-0.2, -0.15) is 0 Å². The highest BCUT2D eigenvalue weighted by atomic mass is 16.5. The summed E-state index contributed by atoms with van der Waals surface area (Å²) >= 11 is 0. The number of rotatable bonds is 13. The average Bonchev–Trinajstić information content (AvgIpc) is 2.78. The maximum Gasteiger partial charge on any atom is 0.253 e. The third kappa shape index (κ3) is 7.98. The molecule has 0 heterocycles. The van der Waals surface area contributed by atoms with Crippen LogP contribution in [0.2, 0.25) is 0 Å². The van der Waals surface area contributed by atoms with Gasteiger partial charge in [-0.25, -0.2) is 0 Å². The Morgan fingerprint density at radius 2 is 1.68 bits per heavy atom. The number of nitrogens with one attached hydrogen (secondary N) is 1. The molecule has 0 aliphatic rings. The summed E-state index contributed by atoms with van der Waals surface area (Å²) in [7, 11) is 5.47. The first-order valence-corrected chi connectivity index (χ1v) is 10.9. The zero-order valence-electron chi connectivity index (χ0n) is 19.6. The number of nitrogens with zero attached hydrogens (tertiary/aromatic N) is 2. The molecule has 0 radical (unpaired) electrons. The van der Waals surface area contributed by atoms with Gasteiger partial charge >= 0.3 is 0 Å². The lowest BCUT2D eigenvalue weighted by atomic mass is 10.1. The minimum atomic E-state index is -0.0744. The molecule has 2 aromatic carbocycles. The molecule has 31 heavy (non-hydrogen) atoms. The lowest BCUT2D eigenvalue weighted by molar-refractivity contribution is 0.0951. The molecular weight excluding hydrogens is 390 g/mol.